The highest BCUT2D eigenvalue weighted by molar-refractivity contribution is 5.76. The molecule has 0 amide bonds. The van der Waals surface area contributed by atoms with Gasteiger partial charge in [-0.1, -0.05) is 71.4 Å². The van der Waals surface area contributed by atoms with Crippen LogP contribution in [0.1, 0.15) is 118 Å². The zero-order valence-corrected chi connectivity index (χ0v) is 23.0. The summed E-state index contributed by atoms with van der Waals surface area (Å²) >= 11 is 0. The molecule has 1 heterocycles. The van der Waals surface area contributed by atoms with E-state index in [-0.39, 0.29) is 0 Å². The topological polar surface area (TPSA) is 3.88 Å². The van der Waals surface area contributed by atoms with Crippen molar-refractivity contribution in [3.05, 3.63) is 76.5 Å². The predicted molar refractivity (Wildman–Crippen MR) is 151 cm³/mol. The Bertz CT molecular complexity index is 1330. The number of aryl methyl sites for hydroxylation is 3. The summed E-state index contributed by atoms with van der Waals surface area (Å²) in [6, 6.07) is 14.6. The average Bonchev–Trinajstić information content (AvgIpc) is 2.85. The molecule has 0 aliphatic heterocycles. The molecule has 0 radical (unpaired) electrons. The van der Waals surface area contributed by atoms with E-state index in [9.17, 15) is 1.37 Å². The molecule has 1 fully saturated rings. The van der Waals surface area contributed by atoms with Gasteiger partial charge in [0.15, 0.2) is 6.20 Å². The van der Waals surface area contributed by atoms with Crippen LogP contribution in [0, 0.1) is 19.2 Å². The van der Waals surface area contributed by atoms with E-state index in [0.29, 0.717) is 22.8 Å². The van der Waals surface area contributed by atoms with Crippen LogP contribution in [0.5, 0.6) is 0 Å². The van der Waals surface area contributed by atoms with Crippen molar-refractivity contribution in [3.63, 3.8) is 0 Å². The summed E-state index contributed by atoms with van der Waals surface area (Å²) in [6.07, 6.45) is 6.10. The molecule has 3 aromatic rings. The van der Waals surface area contributed by atoms with Crippen molar-refractivity contribution in [1.29, 1.82) is 0 Å². The molecule has 1 heteroatoms. The summed E-state index contributed by atoms with van der Waals surface area (Å²) in [5.41, 5.74) is 9.98. The van der Waals surface area contributed by atoms with Crippen molar-refractivity contribution < 1.29 is 10.1 Å². The molecule has 0 unspecified atom stereocenters. The highest BCUT2D eigenvalue weighted by Gasteiger charge is 2.29. The highest BCUT2D eigenvalue weighted by Crippen LogP contribution is 2.45. The number of benzene rings is 2. The fourth-order valence-electron chi connectivity index (χ4n) is 5.60. The molecule has 1 aliphatic rings. The van der Waals surface area contributed by atoms with E-state index in [1.54, 1.807) is 12.1 Å². The zero-order valence-electron chi connectivity index (χ0n) is 27.0. The Balaban J connectivity index is 1.88. The summed E-state index contributed by atoms with van der Waals surface area (Å²) < 4.78 is 35.0. The normalized spacial score (nSPS) is 19.3. The number of aromatic nitrogens is 1. The Morgan fingerprint density at radius 1 is 0.943 bits per heavy atom. The van der Waals surface area contributed by atoms with Crippen molar-refractivity contribution in [2.45, 2.75) is 98.7 Å². The Morgan fingerprint density at radius 2 is 1.57 bits per heavy atom. The molecule has 0 N–H and O–H groups in total. The molecule has 0 saturated heterocycles. The standard InChI is InChI=1S/C34H46N/c1-22(2)30-19-28(26-12-15-34(7,8)16-13-26)20-31(23(3)4)33(30)27-14-17-35(9)32(21-27)29-11-10-24(5)18-25(29)6/h10-11,14,17-23,26H,12-13,15-16H2,1-9H3/q+1/i5D3,26D. The third-order valence-corrected chi connectivity index (χ3v) is 8.00. The van der Waals surface area contributed by atoms with Crippen molar-refractivity contribution in [2.24, 2.45) is 12.5 Å². The van der Waals surface area contributed by atoms with Crippen molar-refractivity contribution in [3.8, 4) is 22.4 Å². The van der Waals surface area contributed by atoms with Gasteiger partial charge in [0.1, 0.15) is 7.05 Å². The predicted octanol–water partition coefficient (Wildman–Crippen LogP) is 9.39. The van der Waals surface area contributed by atoms with E-state index in [1.807, 2.05) is 20.0 Å². The van der Waals surface area contributed by atoms with Crippen LogP contribution in [0.4, 0.5) is 0 Å². The maximum Gasteiger partial charge on any atom is 0.213 e. The van der Waals surface area contributed by atoms with Crippen LogP contribution in [0.2, 0.25) is 0 Å². The van der Waals surface area contributed by atoms with Crippen LogP contribution in [0.3, 0.4) is 0 Å². The molecule has 2 aromatic carbocycles. The average molecular weight is 473 g/mol. The number of pyridine rings is 1. The monoisotopic (exact) mass is 472 g/mol. The van der Waals surface area contributed by atoms with Gasteiger partial charge in [0, 0.05) is 23.2 Å². The lowest BCUT2D eigenvalue weighted by molar-refractivity contribution is -0.660. The molecule has 1 aromatic heterocycles. The minimum absolute atomic E-state index is 0.318. The van der Waals surface area contributed by atoms with E-state index in [4.69, 9.17) is 4.11 Å². The molecular formula is C34H46N+. The fraction of sp³-hybridized carbons (Fsp3) is 0.500. The second-order valence-electron chi connectivity index (χ2n) is 12.0. The Hall–Kier alpha value is -2.41. The summed E-state index contributed by atoms with van der Waals surface area (Å²) in [5.74, 6) is 0.106. The number of hydrogen-bond donors (Lipinski definition) is 0. The molecule has 0 bridgehead atoms. The Labute approximate surface area is 220 Å². The highest BCUT2D eigenvalue weighted by atomic mass is 14.9. The Morgan fingerprint density at radius 3 is 2.11 bits per heavy atom. The van der Waals surface area contributed by atoms with Crippen LogP contribution >= 0.6 is 0 Å². The first kappa shape index (κ1) is 20.7. The number of hydrogen-bond acceptors (Lipinski definition) is 0. The molecule has 0 spiro atoms. The molecular weight excluding hydrogens is 422 g/mol. The van der Waals surface area contributed by atoms with Crippen molar-refractivity contribution >= 4 is 0 Å². The van der Waals surface area contributed by atoms with Crippen molar-refractivity contribution in [2.75, 3.05) is 0 Å². The van der Waals surface area contributed by atoms with Gasteiger partial charge in [-0.2, -0.15) is 0 Å². The van der Waals surface area contributed by atoms with Gasteiger partial charge in [0.2, 0.25) is 5.69 Å². The van der Waals surface area contributed by atoms with Gasteiger partial charge < -0.3 is 0 Å². The quantitative estimate of drug-likeness (QED) is 0.326. The second-order valence-corrected chi connectivity index (χ2v) is 12.0. The van der Waals surface area contributed by atoms with E-state index in [1.165, 1.54) is 27.8 Å². The van der Waals surface area contributed by atoms with E-state index in [2.05, 4.69) is 76.6 Å². The largest absolute Gasteiger partial charge is 0.213 e. The first-order chi connectivity index (χ1) is 18.0. The molecule has 0 atom stereocenters. The molecule has 35 heavy (non-hydrogen) atoms. The van der Waals surface area contributed by atoms with Crippen LogP contribution in [0.25, 0.3) is 22.4 Å². The molecule has 1 aliphatic carbocycles. The van der Waals surface area contributed by atoms with Gasteiger partial charge in [0.05, 0.1) is 0 Å². The van der Waals surface area contributed by atoms with Gasteiger partial charge in [-0.25, -0.2) is 4.57 Å². The number of nitrogens with zero attached hydrogens (tertiary/aromatic N) is 1. The first-order valence-electron chi connectivity index (χ1n) is 15.3. The van der Waals surface area contributed by atoms with Gasteiger partial charge in [0.25, 0.3) is 0 Å². The zero-order chi connectivity index (χ0) is 28.9. The Kier molecular flexibility index (Phi) is 5.88. The summed E-state index contributed by atoms with van der Waals surface area (Å²) in [7, 11) is 2.04. The molecule has 4 rings (SSSR count). The van der Waals surface area contributed by atoms with Crippen LogP contribution in [0.15, 0.2) is 48.7 Å². The lowest BCUT2D eigenvalue weighted by Crippen LogP contribution is -2.30. The maximum atomic E-state index is 9.50. The smallest absolute Gasteiger partial charge is 0.201 e. The summed E-state index contributed by atoms with van der Waals surface area (Å²) in [4.78, 5) is 0. The van der Waals surface area contributed by atoms with Gasteiger partial charge in [-0.15, -0.1) is 0 Å². The van der Waals surface area contributed by atoms with Crippen LogP contribution in [-0.4, -0.2) is 0 Å². The second kappa shape index (κ2) is 9.92. The molecule has 1 saturated carbocycles. The third kappa shape index (κ3) is 5.40. The summed E-state index contributed by atoms with van der Waals surface area (Å²) in [5, 5.41) is 0. The number of rotatable bonds is 5. The SMILES string of the molecule is [2H]C([2H])([2H])c1ccc(-c2cc(-c3c(C(C)C)cc(C4([2H])CCC(C)(C)CC4)cc3C(C)C)cc[n+]2C)c(C)c1. The van der Waals surface area contributed by atoms with Gasteiger partial charge in [-0.3, -0.25) is 0 Å². The van der Waals surface area contributed by atoms with Crippen molar-refractivity contribution in [1.82, 2.24) is 0 Å². The van der Waals surface area contributed by atoms with Gasteiger partial charge in [-0.05, 0) is 102 Å². The van der Waals surface area contributed by atoms with E-state index >= 15 is 0 Å². The minimum Gasteiger partial charge on any atom is -0.201 e. The third-order valence-electron chi connectivity index (χ3n) is 8.00. The molecule has 186 valence electrons. The van der Waals surface area contributed by atoms with Crippen LogP contribution < -0.4 is 4.57 Å². The van der Waals surface area contributed by atoms with E-state index < -0.39 is 12.7 Å². The summed E-state index contributed by atoms with van der Waals surface area (Å²) in [6.45, 7) is 13.6. The maximum absolute atomic E-state index is 9.50. The first-order valence-corrected chi connectivity index (χ1v) is 13.3. The van der Waals surface area contributed by atoms with E-state index in [0.717, 1.165) is 42.5 Å². The lowest BCUT2D eigenvalue weighted by Gasteiger charge is -2.35. The van der Waals surface area contributed by atoms with Gasteiger partial charge >= 0.3 is 0 Å². The lowest BCUT2D eigenvalue weighted by atomic mass is 9.70. The minimum atomic E-state index is -2.11. The molecule has 1 nitrogen and oxygen atoms in total. The fourth-order valence-corrected chi connectivity index (χ4v) is 5.60. The van der Waals surface area contributed by atoms with Crippen LogP contribution in [-0.2, 0) is 7.05 Å².